The zero-order chi connectivity index (χ0) is 18.4. The number of carbonyl (C=O) groups is 1. The quantitative estimate of drug-likeness (QED) is 0.459. The molecule has 0 aliphatic carbocycles. The Balaban J connectivity index is 3.94. The predicted molar refractivity (Wildman–Crippen MR) is 101 cm³/mol. The first-order valence-electron chi connectivity index (χ1n) is 7.15. The minimum absolute atomic E-state index is 0.0509. The second kappa shape index (κ2) is 6.72. The van der Waals surface area contributed by atoms with E-state index < -0.39 is 16.9 Å². The van der Waals surface area contributed by atoms with E-state index in [0.29, 0.717) is 5.56 Å². The molecule has 0 heterocycles. The van der Waals surface area contributed by atoms with Crippen molar-refractivity contribution in [2.45, 2.75) is 56.1 Å². The largest absolute Gasteiger partial charge is 0.396 e. The van der Waals surface area contributed by atoms with E-state index in [1.807, 2.05) is 20.8 Å². The Hall–Kier alpha value is -0.000000000000000222. The molecular weight excluding hydrogens is 447 g/mol. The zero-order valence-electron chi connectivity index (χ0n) is 14.1. The van der Waals surface area contributed by atoms with Crippen LogP contribution in [0.15, 0.2) is 12.1 Å². The highest BCUT2D eigenvalue weighted by Gasteiger charge is 2.36. The Morgan fingerprint density at radius 2 is 1.52 bits per heavy atom. The van der Waals surface area contributed by atoms with Gasteiger partial charge in [-0.2, -0.15) is 0 Å². The molecule has 0 fully saturated rings. The molecule has 1 aromatic carbocycles. The van der Waals surface area contributed by atoms with E-state index in [4.69, 9.17) is 0 Å². The van der Waals surface area contributed by atoms with Gasteiger partial charge in [-0.15, -0.1) is 0 Å². The summed E-state index contributed by atoms with van der Waals surface area (Å²) in [5.41, 5.74) is 0.976. The average molecular weight is 470 g/mol. The minimum atomic E-state index is -4.85. The lowest BCUT2D eigenvalue weighted by Gasteiger charge is -2.34. The molecule has 0 aliphatic heterocycles. The number of benzene rings is 1. The summed E-state index contributed by atoms with van der Waals surface area (Å²) >= 11 is 6.85. The summed E-state index contributed by atoms with van der Waals surface area (Å²) < 4.78 is 11.1. The van der Waals surface area contributed by atoms with Crippen molar-refractivity contribution >= 4 is 45.0 Å². The first-order valence-corrected chi connectivity index (χ1v) is 10.6. The highest BCUT2D eigenvalue weighted by Crippen LogP contribution is 2.48. The van der Waals surface area contributed by atoms with Crippen LogP contribution >= 0.6 is 39.5 Å². The Bertz CT molecular complexity index is 664. The molecule has 1 aromatic rings. The predicted octanol–water partition coefficient (Wildman–Crippen LogP) is 5.39. The summed E-state index contributed by atoms with van der Waals surface area (Å²) in [7, 11) is -4.85. The Morgan fingerprint density at radius 3 is 1.83 bits per heavy atom. The maximum atomic E-state index is 12.2. The highest BCUT2D eigenvalue weighted by molar-refractivity contribution is 9.24. The van der Waals surface area contributed by atoms with E-state index in [1.165, 1.54) is 6.07 Å². The van der Waals surface area contributed by atoms with Crippen molar-refractivity contribution in [1.29, 1.82) is 0 Å². The van der Waals surface area contributed by atoms with E-state index >= 15 is 0 Å². The molecule has 4 nitrogen and oxygen atoms in total. The number of carbonyl (C=O) groups excluding carboxylic acids is 1. The van der Waals surface area contributed by atoms with Crippen LogP contribution in [-0.4, -0.2) is 15.3 Å². The molecular formula is C16H23Br2O4P. The maximum Gasteiger partial charge on any atom is 0.396 e. The third kappa shape index (κ3) is 4.76. The van der Waals surface area contributed by atoms with Gasteiger partial charge in [-0.25, -0.2) is 0 Å². The third-order valence-electron chi connectivity index (χ3n) is 3.52. The molecule has 0 spiro atoms. The summed E-state index contributed by atoms with van der Waals surface area (Å²) in [4.78, 5) is 30.8. The molecule has 0 radical (unpaired) electrons. The van der Waals surface area contributed by atoms with E-state index in [0.717, 1.165) is 11.1 Å². The summed E-state index contributed by atoms with van der Waals surface area (Å²) in [6.07, 6.45) is 0. The summed E-state index contributed by atoms with van der Waals surface area (Å²) in [6, 6.07) is 3.32. The first kappa shape index (κ1) is 21.0. The van der Waals surface area contributed by atoms with Gasteiger partial charge >= 0.3 is 7.60 Å². The molecule has 0 aromatic heterocycles. The fourth-order valence-electron chi connectivity index (χ4n) is 2.62. The van der Waals surface area contributed by atoms with Gasteiger partial charge in [0.25, 0.3) is 5.52 Å². The SMILES string of the molecule is CC(C)(C)c1ccc(C(=O)P(=O)(O)O)c(C(Br)Br)c1C(C)(C)C. The van der Waals surface area contributed by atoms with Gasteiger partial charge in [-0.1, -0.05) is 85.5 Å². The van der Waals surface area contributed by atoms with E-state index in [2.05, 4.69) is 52.6 Å². The van der Waals surface area contributed by atoms with Crippen molar-refractivity contribution in [2.75, 3.05) is 0 Å². The lowest BCUT2D eigenvalue weighted by atomic mass is 9.72. The van der Waals surface area contributed by atoms with Crippen LogP contribution in [0.4, 0.5) is 0 Å². The molecule has 0 saturated carbocycles. The molecule has 0 bridgehead atoms. The van der Waals surface area contributed by atoms with Crippen molar-refractivity contribution < 1.29 is 19.1 Å². The van der Waals surface area contributed by atoms with Crippen LogP contribution in [0.1, 0.15) is 72.3 Å². The lowest BCUT2D eigenvalue weighted by molar-refractivity contribution is 0.104. The van der Waals surface area contributed by atoms with Gasteiger partial charge in [0.2, 0.25) is 0 Å². The number of rotatable bonds is 3. The molecule has 0 aliphatic rings. The van der Waals surface area contributed by atoms with Gasteiger partial charge in [0.05, 0.1) is 3.74 Å². The first-order chi connectivity index (χ1) is 10.1. The van der Waals surface area contributed by atoms with Gasteiger partial charge in [0.15, 0.2) is 0 Å². The molecule has 0 amide bonds. The smallest absolute Gasteiger partial charge is 0.319 e. The van der Waals surface area contributed by atoms with E-state index in [1.54, 1.807) is 6.07 Å². The van der Waals surface area contributed by atoms with Crippen LogP contribution in [-0.2, 0) is 15.4 Å². The molecule has 130 valence electrons. The van der Waals surface area contributed by atoms with E-state index in [9.17, 15) is 19.1 Å². The average Bonchev–Trinajstić information content (AvgIpc) is 2.32. The molecule has 23 heavy (non-hydrogen) atoms. The van der Waals surface area contributed by atoms with Gasteiger partial charge in [0, 0.05) is 5.56 Å². The van der Waals surface area contributed by atoms with Crippen LogP contribution in [0.5, 0.6) is 0 Å². The van der Waals surface area contributed by atoms with Crippen LogP contribution in [0.25, 0.3) is 0 Å². The third-order valence-corrected chi connectivity index (χ3v) is 5.20. The van der Waals surface area contributed by atoms with Gasteiger partial charge < -0.3 is 9.79 Å². The topological polar surface area (TPSA) is 74.6 Å². The Morgan fingerprint density at radius 1 is 1.04 bits per heavy atom. The second-order valence-electron chi connectivity index (χ2n) is 7.60. The lowest BCUT2D eigenvalue weighted by Crippen LogP contribution is -2.25. The highest BCUT2D eigenvalue weighted by atomic mass is 79.9. The van der Waals surface area contributed by atoms with Crippen LogP contribution < -0.4 is 0 Å². The summed E-state index contributed by atoms with van der Waals surface area (Å²) in [6.45, 7) is 12.3. The maximum absolute atomic E-state index is 12.2. The van der Waals surface area contributed by atoms with Crippen molar-refractivity contribution in [3.63, 3.8) is 0 Å². The van der Waals surface area contributed by atoms with Gasteiger partial charge in [0.1, 0.15) is 0 Å². The molecule has 1 rings (SSSR count). The van der Waals surface area contributed by atoms with Crippen molar-refractivity contribution in [3.05, 3.63) is 34.4 Å². The molecule has 0 saturated heterocycles. The fourth-order valence-corrected chi connectivity index (χ4v) is 4.08. The molecule has 7 heteroatoms. The van der Waals surface area contributed by atoms with Crippen LogP contribution in [0.2, 0.25) is 0 Å². The second-order valence-corrected chi connectivity index (χ2v) is 12.2. The minimum Gasteiger partial charge on any atom is -0.319 e. The zero-order valence-corrected chi connectivity index (χ0v) is 18.2. The van der Waals surface area contributed by atoms with Crippen molar-refractivity contribution in [1.82, 2.24) is 0 Å². The number of alkyl halides is 2. The van der Waals surface area contributed by atoms with Gasteiger partial charge in [-0.3, -0.25) is 9.36 Å². The normalized spacial score (nSPS) is 13.5. The number of hydrogen-bond acceptors (Lipinski definition) is 2. The van der Waals surface area contributed by atoms with Crippen LogP contribution in [0.3, 0.4) is 0 Å². The van der Waals surface area contributed by atoms with Crippen molar-refractivity contribution in [2.24, 2.45) is 0 Å². The summed E-state index contributed by atoms with van der Waals surface area (Å²) in [5, 5.41) is 0. The summed E-state index contributed by atoms with van der Waals surface area (Å²) in [5.74, 6) is 0. The monoisotopic (exact) mass is 468 g/mol. The standard InChI is InChI=1S/C16H23Br2O4P/c1-15(2,3)10-8-7-9(14(19)23(20,21)22)11(13(17)18)12(10)16(4,5)6/h7-8,13H,1-6H3,(H2,20,21,22). The fraction of sp³-hybridized carbons (Fsp3) is 0.562. The molecule has 0 atom stereocenters. The Labute approximate surface area is 154 Å². The molecule has 2 N–H and O–H groups in total. The number of hydrogen-bond donors (Lipinski definition) is 2. The van der Waals surface area contributed by atoms with E-state index in [-0.39, 0.29) is 16.4 Å². The molecule has 0 unspecified atom stereocenters. The van der Waals surface area contributed by atoms with Crippen molar-refractivity contribution in [3.8, 4) is 0 Å². The van der Waals surface area contributed by atoms with Gasteiger partial charge in [-0.05, 0) is 27.5 Å². The van der Waals surface area contributed by atoms with Crippen LogP contribution in [0, 0.1) is 0 Å². The Kier molecular flexibility index (Phi) is 6.15. The number of halogens is 2.